The Morgan fingerprint density at radius 3 is 2.60 bits per heavy atom. The molecule has 0 aromatic heterocycles. The second-order valence-electron chi connectivity index (χ2n) is 10.1. The fourth-order valence-electron chi connectivity index (χ4n) is 7.73. The van der Waals surface area contributed by atoms with Crippen molar-refractivity contribution in [2.24, 2.45) is 34.5 Å². The van der Waals surface area contributed by atoms with E-state index in [4.69, 9.17) is 0 Å². The van der Waals surface area contributed by atoms with Gasteiger partial charge in [0.15, 0.2) is 5.78 Å². The number of ketones is 1. The second-order valence-corrected chi connectivity index (χ2v) is 10.1. The van der Waals surface area contributed by atoms with Crippen LogP contribution >= 0.6 is 0 Å². The Hall–Kier alpha value is -0.670. The third kappa shape index (κ3) is 2.09. The number of aliphatic hydroxyl groups is 2. The van der Waals surface area contributed by atoms with E-state index in [1.807, 2.05) is 0 Å². The van der Waals surface area contributed by atoms with Gasteiger partial charge in [-0.2, -0.15) is 0 Å². The number of carbonyl (C=O) groups excluding carboxylic acids is 1. The number of hydrogen-bond donors (Lipinski definition) is 2. The van der Waals surface area contributed by atoms with E-state index in [0.29, 0.717) is 17.8 Å². The highest BCUT2D eigenvalue weighted by Crippen LogP contribution is 2.68. The molecule has 3 heteroatoms. The highest BCUT2D eigenvalue weighted by atomic mass is 16.3. The second kappa shape index (κ2) is 5.42. The summed E-state index contributed by atoms with van der Waals surface area (Å²) in [6.07, 6.45) is 9.15. The number of allylic oxidation sites excluding steroid dienone is 1. The van der Waals surface area contributed by atoms with Crippen LogP contribution in [0.1, 0.15) is 72.6 Å². The van der Waals surface area contributed by atoms with Gasteiger partial charge in [-0.1, -0.05) is 32.4 Å². The zero-order valence-electron chi connectivity index (χ0n) is 16.2. The van der Waals surface area contributed by atoms with E-state index in [0.717, 1.165) is 44.9 Å². The summed E-state index contributed by atoms with van der Waals surface area (Å²) in [5, 5.41) is 21.5. The molecule has 25 heavy (non-hydrogen) atoms. The molecule has 4 aliphatic carbocycles. The average molecular weight is 347 g/mol. The first-order valence-corrected chi connectivity index (χ1v) is 10.3. The normalized spacial score (nSPS) is 55.0. The molecule has 3 fully saturated rings. The van der Waals surface area contributed by atoms with Crippen molar-refractivity contribution in [2.45, 2.75) is 84.3 Å². The van der Waals surface area contributed by atoms with Crippen molar-refractivity contribution in [1.29, 1.82) is 0 Å². The van der Waals surface area contributed by atoms with Gasteiger partial charge in [0.25, 0.3) is 0 Å². The molecule has 0 radical (unpaired) electrons. The van der Waals surface area contributed by atoms with Gasteiger partial charge < -0.3 is 10.2 Å². The smallest absolute Gasteiger partial charge is 0.162 e. The zero-order chi connectivity index (χ0) is 18.2. The number of fused-ring (bicyclic) bond motifs is 5. The van der Waals surface area contributed by atoms with Gasteiger partial charge in [-0.3, -0.25) is 4.79 Å². The lowest BCUT2D eigenvalue weighted by atomic mass is 9.46. The van der Waals surface area contributed by atoms with Crippen LogP contribution in [0.3, 0.4) is 0 Å². The lowest BCUT2D eigenvalue weighted by molar-refractivity contribution is -0.165. The first-order valence-electron chi connectivity index (χ1n) is 10.3. The van der Waals surface area contributed by atoms with Crippen LogP contribution in [-0.2, 0) is 4.79 Å². The molecule has 0 aromatic rings. The standard InChI is InChI=1S/C22H34O3/c1-13-11-19-17-6-5-15-12-16(24)7-9-20(15,3)18(17)8-10-21(19,4)22(13,25)14(2)23/h5,13,16-19,24-25H,6-12H2,1-4H3/t13?,16-,17+,18-,19-,20-,21-,22-/m0/s1. The average Bonchev–Trinajstić information content (AvgIpc) is 2.77. The summed E-state index contributed by atoms with van der Waals surface area (Å²) in [7, 11) is 0. The quantitative estimate of drug-likeness (QED) is 0.709. The molecule has 4 rings (SSSR count). The molecule has 140 valence electrons. The predicted octanol–water partition coefficient (Wildman–Crippen LogP) is 3.88. The third-order valence-electron chi connectivity index (χ3n) is 9.20. The highest BCUT2D eigenvalue weighted by Gasteiger charge is 2.67. The van der Waals surface area contributed by atoms with E-state index in [1.165, 1.54) is 5.57 Å². The predicted molar refractivity (Wildman–Crippen MR) is 97.9 cm³/mol. The zero-order valence-corrected chi connectivity index (χ0v) is 16.2. The lowest BCUT2D eigenvalue weighted by Gasteiger charge is -2.58. The molecular formula is C22H34O3. The Morgan fingerprint density at radius 1 is 1.20 bits per heavy atom. The molecule has 0 aromatic carbocycles. The minimum Gasteiger partial charge on any atom is -0.393 e. The van der Waals surface area contributed by atoms with Crippen molar-refractivity contribution in [3.8, 4) is 0 Å². The summed E-state index contributed by atoms with van der Waals surface area (Å²) in [5.41, 5.74) is 0.249. The molecule has 3 saturated carbocycles. The molecule has 0 heterocycles. The summed E-state index contributed by atoms with van der Waals surface area (Å²) in [6, 6.07) is 0. The van der Waals surface area contributed by atoms with E-state index in [9.17, 15) is 15.0 Å². The number of rotatable bonds is 1. The summed E-state index contributed by atoms with van der Waals surface area (Å²) in [4.78, 5) is 12.4. The van der Waals surface area contributed by atoms with Crippen LogP contribution in [0.4, 0.5) is 0 Å². The number of carbonyl (C=O) groups is 1. The van der Waals surface area contributed by atoms with Crippen LogP contribution in [0.25, 0.3) is 0 Å². The summed E-state index contributed by atoms with van der Waals surface area (Å²) in [6.45, 7) is 8.26. The molecule has 2 N–H and O–H groups in total. The maximum absolute atomic E-state index is 12.4. The van der Waals surface area contributed by atoms with Gasteiger partial charge in [-0.15, -0.1) is 0 Å². The van der Waals surface area contributed by atoms with Gasteiger partial charge in [-0.05, 0) is 81.0 Å². The van der Waals surface area contributed by atoms with Crippen molar-refractivity contribution < 1.29 is 15.0 Å². The highest BCUT2D eigenvalue weighted by molar-refractivity contribution is 5.86. The van der Waals surface area contributed by atoms with E-state index >= 15 is 0 Å². The summed E-state index contributed by atoms with van der Waals surface area (Å²) < 4.78 is 0. The molecule has 1 unspecified atom stereocenters. The fourth-order valence-corrected chi connectivity index (χ4v) is 7.73. The van der Waals surface area contributed by atoms with Crippen LogP contribution in [-0.4, -0.2) is 27.7 Å². The van der Waals surface area contributed by atoms with Crippen LogP contribution in [0.2, 0.25) is 0 Å². The number of aliphatic hydroxyl groups excluding tert-OH is 1. The van der Waals surface area contributed by atoms with E-state index < -0.39 is 5.60 Å². The van der Waals surface area contributed by atoms with Gasteiger partial charge in [0, 0.05) is 5.41 Å². The molecule has 4 aliphatic rings. The Kier molecular flexibility index (Phi) is 3.84. The Morgan fingerprint density at radius 2 is 1.92 bits per heavy atom. The van der Waals surface area contributed by atoms with Crippen molar-refractivity contribution in [3.05, 3.63) is 11.6 Å². The van der Waals surface area contributed by atoms with Crippen LogP contribution in [0, 0.1) is 34.5 Å². The maximum Gasteiger partial charge on any atom is 0.162 e. The van der Waals surface area contributed by atoms with Crippen LogP contribution in [0.15, 0.2) is 11.6 Å². The van der Waals surface area contributed by atoms with Gasteiger partial charge >= 0.3 is 0 Å². The maximum atomic E-state index is 12.4. The molecule has 0 aliphatic heterocycles. The monoisotopic (exact) mass is 346 g/mol. The molecule has 0 bridgehead atoms. The molecule has 0 amide bonds. The van der Waals surface area contributed by atoms with Gasteiger partial charge in [0.05, 0.1) is 6.10 Å². The number of hydrogen-bond acceptors (Lipinski definition) is 3. The van der Waals surface area contributed by atoms with Crippen molar-refractivity contribution >= 4 is 5.78 Å². The summed E-state index contributed by atoms with van der Waals surface area (Å²) >= 11 is 0. The van der Waals surface area contributed by atoms with E-state index in [2.05, 4.69) is 26.8 Å². The lowest BCUT2D eigenvalue weighted by Crippen LogP contribution is -2.58. The molecule has 8 atom stereocenters. The van der Waals surface area contributed by atoms with Crippen molar-refractivity contribution in [1.82, 2.24) is 0 Å². The topological polar surface area (TPSA) is 57.5 Å². The largest absolute Gasteiger partial charge is 0.393 e. The first-order chi connectivity index (χ1) is 11.6. The van der Waals surface area contributed by atoms with E-state index in [-0.39, 0.29) is 28.6 Å². The van der Waals surface area contributed by atoms with Crippen LogP contribution in [0.5, 0.6) is 0 Å². The van der Waals surface area contributed by atoms with Crippen molar-refractivity contribution in [3.63, 3.8) is 0 Å². The van der Waals surface area contributed by atoms with Crippen molar-refractivity contribution in [2.75, 3.05) is 0 Å². The van der Waals surface area contributed by atoms with Crippen LogP contribution < -0.4 is 0 Å². The summed E-state index contributed by atoms with van der Waals surface area (Å²) in [5.74, 6) is 1.64. The SMILES string of the molecule is CC(=O)[C@@]1(O)C(C)C[C@H]2[C@@H]3CC=C4C[C@@H](O)CC[C@]4(C)[C@H]3CC[C@@]21C. The minimum atomic E-state index is -1.16. The number of Topliss-reactive ketones (excluding diaryl/α,β-unsaturated/α-hetero) is 1. The molecule has 0 spiro atoms. The third-order valence-corrected chi connectivity index (χ3v) is 9.20. The van der Waals surface area contributed by atoms with Gasteiger partial charge in [0.1, 0.15) is 5.60 Å². The van der Waals surface area contributed by atoms with E-state index in [1.54, 1.807) is 6.92 Å². The van der Waals surface area contributed by atoms with Gasteiger partial charge in [-0.25, -0.2) is 0 Å². The van der Waals surface area contributed by atoms with Gasteiger partial charge in [0.2, 0.25) is 0 Å². The molecule has 3 nitrogen and oxygen atoms in total. The molecule has 0 saturated heterocycles. The Balaban J connectivity index is 1.72. The molecular weight excluding hydrogens is 312 g/mol. The Labute approximate surface area is 151 Å². The Bertz CT molecular complexity index is 625. The minimum absolute atomic E-state index is 0.0394. The first kappa shape index (κ1) is 17.7. The fraction of sp³-hybridized carbons (Fsp3) is 0.864.